The van der Waals surface area contributed by atoms with E-state index in [0.29, 0.717) is 6.73 Å². The summed E-state index contributed by atoms with van der Waals surface area (Å²) < 4.78 is 8.01. The highest BCUT2D eigenvalue weighted by Crippen LogP contribution is 2.29. The van der Waals surface area contributed by atoms with Crippen molar-refractivity contribution in [2.24, 2.45) is 0 Å². The molecule has 0 radical (unpaired) electrons. The number of nitrogens with zero attached hydrogens (tertiary/aromatic N) is 2. The van der Waals surface area contributed by atoms with Crippen LogP contribution < -0.4 is 5.32 Å². The van der Waals surface area contributed by atoms with Crippen LogP contribution in [0.25, 0.3) is 28.6 Å². The highest BCUT2D eigenvalue weighted by molar-refractivity contribution is 6.76. The lowest BCUT2D eigenvalue weighted by molar-refractivity contribution is -0.114. The molecule has 0 bridgehead atoms. The number of carbonyl (C=O) groups is 1. The fraction of sp³-hybridized carbons (Fsp3) is 0.226. The van der Waals surface area contributed by atoms with Crippen molar-refractivity contribution in [1.29, 1.82) is 0 Å². The molecule has 0 spiro atoms. The minimum atomic E-state index is -1.17. The molecule has 0 fully saturated rings. The van der Waals surface area contributed by atoms with E-state index in [1.165, 1.54) is 6.92 Å². The van der Waals surface area contributed by atoms with Crippen LogP contribution in [0.3, 0.4) is 0 Å². The second kappa shape index (κ2) is 11.5. The number of hydrogen-bond donors (Lipinski definition) is 1. The average Bonchev–Trinajstić information content (AvgIpc) is 3.21. The first-order valence-electron chi connectivity index (χ1n) is 12.6. The first-order valence-corrected chi connectivity index (χ1v) is 16.3. The number of hydrogen-bond acceptors (Lipinski definition) is 3. The van der Waals surface area contributed by atoms with Gasteiger partial charge in [-0.2, -0.15) is 5.10 Å². The Morgan fingerprint density at radius 2 is 1.76 bits per heavy atom. The van der Waals surface area contributed by atoms with Gasteiger partial charge in [0.05, 0.1) is 11.2 Å². The lowest BCUT2D eigenvalue weighted by Crippen LogP contribution is -2.22. The predicted molar refractivity (Wildman–Crippen MR) is 158 cm³/mol. The van der Waals surface area contributed by atoms with Crippen molar-refractivity contribution in [3.63, 3.8) is 0 Å². The van der Waals surface area contributed by atoms with Crippen molar-refractivity contribution in [1.82, 2.24) is 9.78 Å². The largest absolute Gasteiger partial charge is 0.360 e. The number of carbonyl (C=O) groups excluding carboxylic acids is 1. The van der Waals surface area contributed by atoms with E-state index in [4.69, 9.17) is 9.84 Å². The summed E-state index contributed by atoms with van der Waals surface area (Å²) in [5.74, 6) is -0.0988. The van der Waals surface area contributed by atoms with Crippen LogP contribution in [0.4, 0.5) is 5.69 Å². The Labute approximate surface area is 220 Å². The van der Waals surface area contributed by atoms with Crippen LogP contribution >= 0.6 is 0 Å². The molecule has 3 aromatic carbocycles. The number of ether oxygens (including phenoxy) is 1. The molecule has 0 saturated carbocycles. The van der Waals surface area contributed by atoms with Gasteiger partial charge in [-0.3, -0.25) is 4.79 Å². The summed E-state index contributed by atoms with van der Waals surface area (Å²) in [5.41, 5.74) is 6.60. The zero-order chi connectivity index (χ0) is 26.4. The van der Waals surface area contributed by atoms with Gasteiger partial charge in [0.15, 0.2) is 0 Å². The van der Waals surface area contributed by atoms with Crippen LogP contribution in [0.5, 0.6) is 0 Å². The Kier molecular flexibility index (Phi) is 8.21. The minimum Gasteiger partial charge on any atom is -0.360 e. The normalized spacial score (nSPS) is 11.8. The minimum absolute atomic E-state index is 0.0988. The molecule has 37 heavy (non-hydrogen) atoms. The van der Waals surface area contributed by atoms with E-state index in [9.17, 15) is 4.79 Å². The van der Waals surface area contributed by atoms with Gasteiger partial charge in [0.1, 0.15) is 6.73 Å². The number of rotatable bonds is 10. The van der Waals surface area contributed by atoms with Gasteiger partial charge in [-0.25, -0.2) is 4.68 Å². The van der Waals surface area contributed by atoms with Crippen LogP contribution in [0.15, 0.2) is 79.4 Å². The maximum Gasteiger partial charge on any atom is 0.221 e. The van der Waals surface area contributed by atoms with Gasteiger partial charge in [-0.1, -0.05) is 80.8 Å². The number of fused-ring (bicyclic) bond motifs is 1. The Bertz CT molecular complexity index is 1430. The summed E-state index contributed by atoms with van der Waals surface area (Å²) in [6, 6.07) is 25.4. The van der Waals surface area contributed by atoms with Crippen molar-refractivity contribution in [2.75, 3.05) is 11.9 Å². The van der Waals surface area contributed by atoms with Crippen molar-refractivity contribution in [3.05, 3.63) is 102 Å². The van der Waals surface area contributed by atoms with E-state index >= 15 is 0 Å². The zero-order valence-electron chi connectivity index (χ0n) is 22.1. The third-order valence-electron chi connectivity index (χ3n) is 6.10. The van der Waals surface area contributed by atoms with Crippen molar-refractivity contribution in [2.45, 2.75) is 39.3 Å². The highest BCUT2D eigenvalue weighted by Gasteiger charge is 2.14. The Morgan fingerprint density at radius 1 is 1.00 bits per heavy atom. The van der Waals surface area contributed by atoms with Gasteiger partial charge < -0.3 is 10.1 Å². The van der Waals surface area contributed by atoms with E-state index in [-0.39, 0.29) is 5.91 Å². The summed E-state index contributed by atoms with van der Waals surface area (Å²) in [4.78, 5) is 11.5. The van der Waals surface area contributed by atoms with Gasteiger partial charge in [-0.15, -0.1) is 0 Å². The molecule has 0 atom stereocenters. The van der Waals surface area contributed by atoms with Gasteiger partial charge in [0.2, 0.25) is 5.91 Å². The number of nitrogens with one attached hydrogen (secondary N) is 1. The number of amides is 1. The van der Waals surface area contributed by atoms with Crippen molar-refractivity contribution < 1.29 is 9.53 Å². The number of anilines is 1. The molecule has 4 aromatic rings. The summed E-state index contributed by atoms with van der Waals surface area (Å²) in [7, 11) is -1.17. The van der Waals surface area contributed by atoms with E-state index in [1.54, 1.807) is 0 Å². The van der Waals surface area contributed by atoms with Crippen LogP contribution in [-0.4, -0.2) is 30.4 Å². The average molecular weight is 510 g/mol. The molecule has 1 aromatic heterocycles. The Balaban J connectivity index is 1.66. The molecule has 1 amide bonds. The van der Waals surface area contributed by atoms with E-state index in [1.807, 2.05) is 47.1 Å². The topological polar surface area (TPSA) is 56.2 Å². The molecular formula is C31H35N3O2Si. The first-order chi connectivity index (χ1) is 17.7. The van der Waals surface area contributed by atoms with Gasteiger partial charge in [0.25, 0.3) is 0 Å². The SMILES string of the molecule is C=C(c1cccc(NC(C)=O)c1)c1ccc2c(C=Cc3ccccc3)nn(COCC[Si](C)(C)C)c2c1. The molecular weight excluding hydrogens is 474 g/mol. The second-order valence-electron chi connectivity index (χ2n) is 10.4. The molecule has 1 N–H and O–H groups in total. The summed E-state index contributed by atoms with van der Waals surface area (Å²) in [6.45, 7) is 14.0. The van der Waals surface area contributed by atoms with Crippen molar-refractivity contribution >= 4 is 48.3 Å². The number of benzene rings is 3. The molecule has 0 aliphatic carbocycles. The lowest BCUT2D eigenvalue weighted by atomic mass is 9.98. The zero-order valence-corrected chi connectivity index (χ0v) is 23.1. The molecule has 190 valence electrons. The second-order valence-corrected chi connectivity index (χ2v) is 16.1. The van der Waals surface area contributed by atoms with Crippen LogP contribution in [0.1, 0.15) is 29.3 Å². The maximum atomic E-state index is 11.5. The van der Waals surface area contributed by atoms with Gasteiger partial charge >= 0.3 is 0 Å². The molecule has 6 heteroatoms. The molecule has 5 nitrogen and oxygen atoms in total. The standard InChI is InChI=1S/C31H35N3O2Si/c1-23(26-12-9-13-28(20-26)32-24(2)35)27-15-16-29-30(17-14-25-10-7-6-8-11-25)33-34(31(29)21-27)22-36-18-19-37(3,4)5/h6-17,20-21H,1,18-19,22H2,2-5H3,(H,32,35). The Morgan fingerprint density at radius 3 is 2.49 bits per heavy atom. The third-order valence-corrected chi connectivity index (χ3v) is 7.81. The quantitative estimate of drug-likeness (QED) is 0.177. The molecule has 0 saturated heterocycles. The van der Waals surface area contributed by atoms with Gasteiger partial charge in [-0.05, 0) is 58.6 Å². The summed E-state index contributed by atoms with van der Waals surface area (Å²) in [5, 5.41) is 8.80. The molecule has 0 aliphatic rings. The maximum absolute atomic E-state index is 11.5. The Hall–Kier alpha value is -3.74. The predicted octanol–water partition coefficient (Wildman–Crippen LogP) is 7.54. The summed E-state index contributed by atoms with van der Waals surface area (Å²) in [6.07, 6.45) is 4.14. The van der Waals surface area contributed by atoms with Crippen LogP contribution in [-0.2, 0) is 16.3 Å². The van der Waals surface area contributed by atoms with E-state index < -0.39 is 8.07 Å². The monoisotopic (exact) mass is 509 g/mol. The third kappa shape index (κ3) is 7.15. The molecule has 0 unspecified atom stereocenters. The smallest absolute Gasteiger partial charge is 0.221 e. The fourth-order valence-corrected chi connectivity index (χ4v) is 4.79. The van der Waals surface area contributed by atoms with E-state index in [2.05, 4.69) is 74.0 Å². The molecule has 1 heterocycles. The van der Waals surface area contributed by atoms with Crippen LogP contribution in [0, 0.1) is 0 Å². The first kappa shape index (κ1) is 26.3. The van der Waals surface area contributed by atoms with E-state index in [0.717, 1.165) is 57.2 Å². The summed E-state index contributed by atoms with van der Waals surface area (Å²) >= 11 is 0. The lowest BCUT2D eigenvalue weighted by Gasteiger charge is -2.15. The fourth-order valence-electron chi connectivity index (χ4n) is 4.03. The number of aromatic nitrogens is 2. The van der Waals surface area contributed by atoms with Gasteiger partial charge in [0, 0.05) is 32.7 Å². The van der Waals surface area contributed by atoms with Crippen molar-refractivity contribution in [3.8, 4) is 0 Å². The molecule has 0 aliphatic heterocycles. The molecule has 4 rings (SSSR count). The van der Waals surface area contributed by atoms with Crippen LogP contribution in [0.2, 0.25) is 25.7 Å². The highest BCUT2D eigenvalue weighted by atomic mass is 28.3.